The maximum atomic E-state index is 12.5. The molecular formula is C9H11BrF5NO. The molecular weight excluding hydrogens is 313 g/mol. The molecule has 0 unspecified atom stereocenters. The van der Waals surface area contributed by atoms with Crippen LogP contribution >= 0.6 is 15.9 Å². The third kappa shape index (κ3) is 5.47. The van der Waals surface area contributed by atoms with Crippen LogP contribution in [0.25, 0.3) is 0 Å². The topological polar surface area (TPSA) is 20.3 Å². The highest BCUT2D eigenvalue weighted by molar-refractivity contribution is 9.09. The Hall–Kier alpha value is -0.660. The van der Waals surface area contributed by atoms with Crippen molar-refractivity contribution in [1.29, 1.82) is 0 Å². The predicted octanol–water partition coefficient (Wildman–Crippen LogP) is 2.98. The fourth-order valence-corrected chi connectivity index (χ4v) is 1.02. The molecule has 0 N–H and O–H groups in total. The number of rotatable bonds is 5. The van der Waals surface area contributed by atoms with Crippen LogP contribution in [0.4, 0.5) is 22.0 Å². The van der Waals surface area contributed by atoms with Gasteiger partial charge in [-0.2, -0.15) is 22.0 Å². The first-order valence-corrected chi connectivity index (χ1v) is 5.66. The zero-order valence-corrected chi connectivity index (χ0v) is 10.5. The SMILES string of the molecule is CN(CCC(F)(F)C(F)(F)F)C(=O)C=CCBr. The van der Waals surface area contributed by atoms with Crippen LogP contribution in [-0.2, 0) is 4.79 Å². The smallest absolute Gasteiger partial charge is 0.342 e. The van der Waals surface area contributed by atoms with Crippen LogP contribution in [0.1, 0.15) is 6.42 Å². The van der Waals surface area contributed by atoms with E-state index in [0.29, 0.717) is 5.33 Å². The predicted molar refractivity (Wildman–Crippen MR) is 56.2 cm³/mol. The Morgan fingerprint density at radius 1 is 1.29 bits per heavy atom. The molecule has 8 heteroatoms. The number of nitrogens with zero attached hydrogens (tertiary/aromatic N) is 1. The summed E-state index contributed by atoms with van der Waals surface area (Å²) >= 11 is 3.00. The summed E-state index contributed by atoms with van der Waals surface area (Å²) < 4.78 is 60.5. The van der Waals surface area contributed by atoms with Gasteiger partial charge < -0.3 is 4.90 Å². The molecule has 17 heavy (non-hydrogen) atoms. The fraction of sp³-hybridized carbons (Fsp3) is 0.667. The highest BCUT2D eigenvalue weighted by Gasteiger charge is 2.56. The normalized spacial score (nSPS) is 13.1. The lowest BCUT2D eigenvalue weighted by molar-refractivity contribution is -0.284. The van der Waals surface area contributed by atoms with E-state index in [0.717, 1.165) is 18.0 Å². The number of hydrogen-bond acceptors (Lipinski definition) is 1. The third-order valence-corrected chi connectivity index (χ3v) is 2.28. The van der Waals surface area contributed by atoms with Gasteiger partial charge in [-0.25, -0.2) is 0 Å². The van der Waals surface area contributed by atoms with Crippen LogP contribution in [0.15, 0.2) is 12.2 Å². The molecule has 0 aromatic rings. The van der Waals surface area contributed by atoms with E-state index in [4.69, 9.17) is 0 Å². The molecule has 0 heterocycles. The molecule has 2 nitrogen and oxygen atoms in total. The van der Waals surface area contributed by atoms with Gasteiger partial charge in [0.1, 0.15) is 0 Å². The molecule has 0 fully saturated rings. The second kappa shape index (κ2) is 6.32. The van der Waals surface area contributed by atoms with Gasteiger partial charge in [0, 0.05) is 25.3 Å². The summed E-state index contributed by atoms with van der Waals surface area (Å²) in [5.41, 5.74) is 0. The fourth-order valence-electron chi connectivity index (χ4n) is 0.833. The van der Waals surface area contributed by atoms with E-state index < -0.39 is 31.0 Å². The maximum Gasteiger partial charge on any atom is 0.453 e. The maximum absolute atomic E-state index is 12.5. The monoisotopic (exact) mass is 323 g/mol. The Balaban J connectivity index is 4.29. The van der Waals surface area contributed by atoms with Gasteiger partial charge in [-0.05, 0) is 6.08 Å². The summed E-state index contributed by atoms with van der Waals surface area (Å²) in [4.78, 5) is 12.0. The van der Waals surface area contributed by atoms with E-state index in [-0.39, 0.29) is 0 Å². The van der Waals surface area contributed by atoms with Crippen molar-refractivity contribution in [2.45, 2.75) is 18.5 Å². The number of carbonyl (C=O) groups excluding carboxylic acids is 1. The standard InChI is InChI=1S/C9H11BrF5NO/c1-16(7(17)3-2-5-10)6-4-8(11,12)9(13,14)15/h2-3H,4-6H2,1H3. The van der Waals surface area contributed by atoms with Crippen LogP contribution in [0.3, 0.4) is 0 Å². The molecule has 0 rings (SSSR count). The average molecular weight is 324 g/mol. The molecule has 0 atom stereocenters. The molecule has 0 aromatic carbocycles. The van der Waals surface area contributed by atoms with Gasteiger partial charge in [0.15, 0.2) is 0 Å². The Morgan fingerprint density at radius 2 is 1.82 bits per heavy atom. The summed E-state index contributed by atoms with van der Waals surface area (Å²) in [5.74, 6) is -5.40. The van der Waals surface area contributed by atoms with Crippen LogP contribution < -0.4 is 0 Å². The lowest BCUT2D eigenvalue weighted by atomic mass is 10.2. The summed E-state index contributed by atoms with van der Waals surface area (Å²) in [6.07, 6.45) is -4.51. The number of alkyl halides is 6. The number of likely N-dealkylation sites (N-methyl/N-ethyl adjacent to an activating group) is 1. The second-order valence-corrected chi connectivity index (χ2v) is 3.92. The van der Waals surface area contributed by atoms with E-state index in [1.807, 2.05) is 0 Å². The Morgan fingerprint density at radius 3 is 2.24 bits per heavy atom. The van der Waals surface area contributed by atoms with Crippen molar-refractivity contribution in [3.8, 4) is 0 Å². The van der Waals surface area contributed by atoms with Crippen molar-refractivity contribution in [2.24, 2.45) is 0 Å². The minimum absolute atomic E-state index is 0.394. The molecule has 0 bridgehead atoms. The van der Waals surface area contributed by atoms with Gasteiger partial charge in [-0.15, -0.1) is 0 Å². The zero-order chi connectivity index (χ0) is 13.7. The van der Waals surface area contributed by atoms with Crippen molar-refractivity contribution in [2.75, 3.05) is 18.9 Å². The van der Waals surface area contributed by atoms with Crippen molar-refractivity contribution in [3.63, 3.8) is 0 Å². The van der Waals surface area contributed by atoms with E-state index in [9.17, 15) is 26.7 Å². The second-order valence-electron chi connectivity index (χ2n) is 3.27. The van der Waals surface area contributed by atoms with Crippen molar-refractivity contribution in [1.82, 2.24) is 4.90 Å². The Kier molecular flexibility index (Phi) is 6.08. The van der Waals surface area contributed by atoms with Crippen LogP contribution in [0, 0.1) is 0 Å². The zero-order valence-electron chi connectivity index (χ0n) is 8.90. The molecule has 0 saturated heterocycles. The van der Waals surface area contributed by atoms with E-state index in [2.05, 4.69) is 15.9 Å². The minimum atomic E-state index is -5.58. The van der Waals surface area contributed by atoms with E-state index >= 15 is 0 Å². The minimum Gasteiger partial charge on any atom is -0.342 e. The summed E-state index contributed by atoms with van der Waals surface area (Å²) in [6.45, 7) is -0.669. The highest BCUT2D eigenvalue weighted by Crippen LogP contribution is 2.37. The van der Waals surface area contributed by atoms with Crippen molar-refractivity contribution < 1.29 is 26.7 Å². The summed E-state index contributed by atoms with van der Waals surface area (Å²) in [5, 5.41) is 0.394. The quantitative estimate of drug-likeness (QED) is 0.433. The van der Waals surface area contributed by atoms with Crippen molar-refractivity contribution >= 4 is 21.8 Å². The van der Waals surface area contributed by atoms with Crippen LogP contribution in [0.5, 0.6) is 0 Å². The van der Waals surface area contributed by atoms with Crippen molar-refractivity contribution in [3.05, 3.63) is 12.2 Å². The molecule has 0 radical (unpaired) electrons. The van der Waals surface area contributed by atoms with E-state index in [1.165, 1.54) is 6.08 Å². The lowest BCUT2D eigenvalue weighted by Crippen LogP contribution is -2.40. The molecule has 0 spiro atoms. The van der Waals surface area contributed by atoms with Crippen LogP contribution in [0.2, 0.25) is 0 Å². The number of amides is 1. The Bertz CT molecular complexity index is 290. The first-order valence-electron chi connectivity index (χ1n) is 4.54. The largest absolute Gasteiger partial charge is 0.453 e. The lowest BCUT2D eigenvalue weighted by Gasteiger charge is -2.22. The molecule has 1 amide bonds. The molecule has 0 aromatic heterocycles. The molecule has 0 aliphatic carbocycles. The number of halogens is 6. The van der Waals surface area contributed by atoms with Gasteiger partial charge in [0.2, 0.25) is 5.91 Å². The van der Waals surface area contributed by atoms with Gasteiger partial charge in [-0.3, -0.25) is 4.79 Å². The van der Waals surface area contributed by atoms with E-state index in [1.54, 1.807) is 0 Å². The van der Waals surface area contributed by atoms with Crippen LogP contribution in [-0.4, -0.2) is 41.8 Å². The first-order chi connectivity index (χ1) is 7.62. The summed E-state index contributed by atoms with van der Waals surface area (Å²) in [7, 11) is 1.16. The summed E-state index contributed by atoms with van der Waals surface area (Å²) in [6, 6.07) is 0. The average Bonchev–Trinajstić information content (AvgIpc) is 2.20. The molecule has 0 aliphatic rings. The number of hydrogen-bond donors (Lipinski definition) is 0. The van der Waals surface area contributed by atoms with Gasteiger partial charge >= 0.3 is 12.1 Å². The number of allylic oxidation sites excluding steroid dienone is 1. The highest BCUT2D eigenvalue weighted by atomic mass is 79.9. The third-order valence-electron chi connectivity index (χ3n) is 1.90. The van der Waals surface area contributed by atoms with Gasteiger partial charge in [0.25, 0.3) is 0 Å². The molecule has 0 aliphatic heterocycles. The first kappa shape index (κ1) is 16.3. The molecule has 0 saturated carbocycles. The molecule has 100 valence electrons. The number of carbonyl (C=O) groups is 1. The van der Waals surface area contributed by atoms with Gasteiger partial charge in [0.05, 0.1) is 0 Å². The van der Waals surface area contributed by atoms with Gasteiger partial charge in [-0.1, -0.05) is 22.0 Å². The Labute approximate surface area is 104 Å².